The summed E-state index contributed by atoms with van der Waals surface area (Å²) in [6.45, 7) is 12.2. The van der Waals surface area contributed by atoms with E-state index < -0.39 is 0 Å². The summed E-state index contributed by atoms with van der Waals surface area (Å²) in [5.74, 6) is -0.294. The molecule has 7 nitrogen and oxygen atoms in total. The quantitative estimate of drug-likeness (QED) is 0.236. The highest BCUT2D eigenvalue weighted by atomic mass is 35.5. The molecule has 0 unspecified atom stereocenters. The first-order valence-electron chi connectivity index (χ1n) is 13.8. The molecule has 0 saturated heterocycles. The summed E-state index contributed by atoms with van der Waals surface area (Å²) in [4.78, 5) is 40.8. The van der Waals surface area contributed by atoms with Crippen LogP contribution in [0.2, 0.25) is 5.02 Å². The fraction of sp³-hybridized carbons (Fsp3) is 0.452. The summed E-state index contributed by atoms with van der Waals surface area (Å²) in [7, 11) is 0. The summed E-state index contributed by atoms with van der Waals surface area (Å²) < 4.78 is 7.56. The number of benzene rings is 2. The lowest BCUT2D eigenvalue weighted by Crippen LogP contribution is -2.30. The number of hydrogen-bond donors (Lipinski definition) is 0. The number of nitrogens with zero attached hydrogens (tertiary/aromatic N) is 3. The number of amides is 2. The molecule has 3 aromatic rings. The van der Waals surface area contributed by atoms with Crippen LogP contribution in [0.25, 0.3) is 22.0 Å². The van der Waals surface area contributed by atoms with Crippen LogP contribution in [0.3, 0.4) is 0 Å². The zero-order valence-corrected chi connectivity index (χ0v) is 24.5. The van der Waals surface area contributed by atoms with E-state index in [4.69, 9.17) is 16.3 Å². The third-order valence-corrected chi connectivity index (χ3v) is 7.44. The molecule has 0 aliphatic rings. The molecule has 0 N–H and O–H groups in total. The Hall–Kier alpha value is -3.32. The molecule has 0 bridgehead atoms. The maximum absolute atomic E-state index is 13.4. The fourth-order valence-corrected chi connectivity index (χ4v) is 5.37. The van der Waals surface area contributed by atoms with E-state index in [1.807, 2.05) is 60.9 Å². The van der Waals surface area contributed by atoms with Gasteiger partial charge in [0.1, 0.15) is 5.69 Å². The van der Waals surface area contributed by atoms with Crippen LogP contribution < -0.4 is 0 Å². The Balaban J connectivity index is 2.12. The lowest BCUT2D eigenvalue weighted by atomic mass is 10.0. The molecule has 0 atom stereocenters. The van der Waals surface area contributed by atoms with Crippen molar-refractivity contribution in [3.05, 3.63) is 58.7 Å². The van der Waals surface area contributed by atoms with E-state index in [1.165, 1.54) is 0 Å². The van der Waals surface area contributed by atoms with Gasteiger partial charge in [-0.15, -0.1) is 0 Å². The molecule has 0 spiro atoms. The topological polar surface area (TPSA) is 71.8 Å². The maximum atomic E-state index is 13.4. The van der Waals surface area contributed by atoms with Crippen molar-refractivity contribution in [2.75, 3.05) is 32.8 Å². The molecule has 0 aliphatic carbocycles. The van der Waals surface area contributed by atoms with Crippen LogP contribution in [-0.2, 0) is 27.3 Å². The van der Waals surface area contributed by atoms with Gasteiger partial charge in [-0.2, -0.15) is 0 Å². The van der Waals surface area contributed by atoms with E-state index in [-0.39, 0.29) is 24.4 Å². The average Bonchev–Trinajstić information content (AvgIpc) is 3.21. The molecule has 0 fully saturated rings. The minimum atomic E-state index is -0.384. The molecule has 1 heterocycles. The van der Waals surface area contributed by atoms with E-state index >= 15 is 0 Å². The Morgan fingerprint density at radius 2 is 1.49 bits per heavy atom. The van der Waals surface area contributed by atoms with Gasteiger partial charge in [0.25, 0.3) is 0 Å². The molecule has 3 rings (SSSR count). The lowest BCUT2D eigenvalue weighted by Gasteiger charge is -2.20. The summed E-state index contributed by atoms with van der Waals surface area (Å²) in [6.07, 6.45) is 2.12. The monoisotopic (exact) mass is 553 g/mol. The minimum Gasteiger partial charge on any atom is -0.461 e. The van der Waals surface area contributed by atoms with Gasteiger partial charge in [-0.1, -0.05) is 41.9 Å². The highest BCUT2D eigenvalue weighted by Crippen LogP contribution is 2.38. The van der Waals surface area contributed by atoms with Gasteiger partial charge in [0.05, 0.1) is 12.3 Å². The van der Waals surface area contributed by atoms with Crippen LogP contribution in [0, 0.1) is 0 Å². The van der Waals surface area contributed by atoms with Gasteiger partial charge in [-0.05, 0) is 63.3 Å². The summed E-state index contributed by atoms with van der Waals surface area (Å²) in [6, 6.07) is 13.9. The zero-order chi connectivity index (χ0) is 28.5. The molecule has 2 aromatic carbocycles. The van der Waals surface area contributed by atoms with Crippen molar-refractivity contribution in [2.45, 2.75) is 60.4 Å². The molecule has 0 radical (unpaired) electrons. The van der Waals surface area contributed by atoms with Gasteiger partial charge < -0.3 is 19.1 Å². The van der Waals surface area contributed by atoms with Crippen molar-refractivity contribution >= 4 is 40.2 Å². The van der Waals surface area contributed by atoms with Crippen LogP contribution in [-0.4, -0.2) is 64.9 Å². The largest absolute Gasteiger partial charge is 0.461 e. The van der Waals surface area contributed by atoms with E-state index in [9.17, 15) is 14.4 Å². The van der Waals surface area contributed by atoms with E-state index in [0.717, 1.165) is 34.0 Å². The third-order valence-electron chi connectivity index (χ3n) is 7.09. The van der Waals surface area contributed by atoms with E-state index in [1.54, 1.807) is 30.6 Å². The van der Waals surface area contributed by atoms with Gasteiger partial charge in [0.15, 0.2) is 0 Å². The lowest BCUT2D eigenvalue weighted by molar-refractivity contribution is -0.129. The Bertz CT molecular complexity index is 1300. The Kier molecular flexibility index (Phi) is 11.0. The minimum absolute atomic E-state index is 0.0342. The Morgan fingerprint density at radius 1 is 0.872 bits per heavy atom. The highest BCUT2D eigenvalue weighted by Gasteiger charge is 2.25. The molecular formula is C31H40ClN3O4. The van der Waals surface area contributed by atoms with Crippen molar-refractivity contribution in [3.63, 3.8) is 0 Å². The first kappa shape index (κ1) is 30.2. The zero-order valence-electron chi connectivity index (χ0n) is 23.8. The molecular weight excluding hydrogens is 514 g/mol. The van der Waals surface area contributed by atoms with Crippen molar-refractivity contribution in [2.24, 2.45) is 0 Å². The number of fused-ring (bicyclic) bond motifs is 1. The van der Waals surface area contributed by atoms with Crippen LogP contribution in [0.15, 0.2) is 42.5 Å². The number of hydrogen-bond acceptors (Lipinski definition) is 4. The number of carbonyl (C=O) groups is 3. The van der Waals surface area contributed by atoms with Crippen LogP contribution in [0.4, 0.5) is 0 Å². The third kappa shape index (κ3) is 7.21. The molecule has 210 valence electrons. The van der Waals surface area contributed by atoms with Gasteiger partial charge in [0, 0.05) is 62.4 Å². The number of halogens is 1. The number of aryl methyl sites for hydroxylation is 1. The van der Waals surface area contributed by atoms with Crippen molar-refractivity contribution in [1.82, 2.24) is 14.4 Å². The summed E-state index contributed by atoms with van der Waals surface area (Å²) >= 11 is 6.83. The van der Waals surface area contributed by atoms with Gasteiger partial charge in [-0.3, -0.25) is 9.59 Å². The number of carbonyl (C=O) groups excluding carboxylic acids is 3. The Labute approximate surface area is 236 Å². The predicted molar refractivity (Wildman–Crippen MR) is 157 cm³/mol. The second-order valence-electron chi connectivity index (χ2n) is 9.58. The van der Waals surface area contributed by atoms with Crippen molar-refractivity contribution in [3.8, 4) is 11.3 Å². The van der Waals surface area contributed by atoms with Gasteiger partial charge in [0.2, 0.25) is 11.8 Å². The number of rotatable bonds is 13. The maximum Gasteiger partial charge on any atom is 0.355 e. The van der Waals surface area contributed by atoms with Crippen LogP contribution >= 0.6 is 11.6 Å². The van der Waals surface area contributed by atoms with Crippen LogP contribution in [0.5, 0.6) is 0 Å². The van der Waals surface area contributed by atoms with E-state index in [0.29, 0.717) is 56.3 Å². The smallest absolute Gasteiger partial charge is 0.355 e. The average molecular weight is 554 g/mol. The molecule has 0 aliphatic heterocycles. The molecule has 2 amide bonds. The molecule has 1 aromatic heterocycles. The Morgan fingerprint density at radius 3 is 2.05 bits per heavy atom. The van der Waals surface area contributed by atoms with Gasteiger partial charge >= 0.3 is 5.97 Å². The van der Waals surface area contributed by atoms with E-state index in [2.05, 4.69) is 0 Å². The van der Waals surface area contributed by atoms with Crippen LogP contribution in [0.1, 0.15) is 63.5 Å². The molecule has 39 heavy (non-hydrogen) atoms. The summed E-state index contributed by atoms with van der Waals surface area (Å²) in [5.41, 5.74) is 3.30. The SMILES string of the molecule is CCOC(=O)c1c2cc(CCCN(CC)C(C)=O)c(Cl)cc2c(-c2ccccc2)n1CCCN(CC)C(C)=O. The predicted octanol–water partition coefficient (Wildman–Crippen LogP) is 6.20. The highest BCUT2D eigenvalue weighted by molar-refractivity contribution is 6.32. The normalized spacial score (nSPS) is 11.0. The standard InChI is InChI=1S/C31H40ClN3O4/c1-6-33(22(4)36)17-12-16-25-20-26-27(21-28(25)32)29(24-14-10-9-11-15-24)35(30(26)31(38)39-8-3)19-13-18-34(7-2)23(5)37/h9-11,14-15,20-21H,6-8,12-13,16-19H2,1-5H3. The van der Waals surface area contributed by atoms with Crippen molar-refractivity contribution in [1.29, 1.82) is 0 Å². The second-order valence-corrected chi connectivity index (χ2v) is 9.99. The molecule has 8 heteroatoms. The van der Waals surface area contributed by atoms with Crippen molar-refractivity contribution < 1.29 is 19.1 Å². The number of esters is 1. The first-order valence-corrected chi connectivity index (χ1v) is 14.2. The number of ether oxygens (including phenoxy) is 1. The first-order chi connectivity index (χ1) is 18.7. The second kappa shape index (κ2) is 14.2. The number of aromatic nitrogens is 1. The fourth-order valence-electron chi connectivity index (χ4n) is 5.11. The molecule has 0 saturated carbocycles. The van der Waals surface area contributed by atoms with Gasteiger partial charge in [-0.25, -0.2) is 4.79 Å². The summed E-state index contributed by atoms with van der Waals surface area (Å²) in [5, 5.41) is 2.31.